The number of hydrogen-bond donors (Lipinski definition) is 0. The molecule has 0 spiro atoms. The highest BCUT2D eigenvalue weighted by Crippen LogP contribution is 2.26. The third kappa shape index (κ3) is 2.35. The van der Waals surface area contributed by atoms with Gasteiger partial charge in [0.25, 0.3) is 5.82 Å². The first-order valence-electron chi connectivity index (χ1n) is 8.18. The van der Waals surface area contributed by atoms with Gasteiger partial charge < -0.3 is 0 Å². The Labute approximate surface area is 131 Å². The molecule has 0 saturated carbocycles. The van der Waals surface area contributed by atoms with Crippen LogP contribution in [0, 0.1) is 0 Å². The van der Waals surface area contributed by atoms with Crippen LogP contribution in [0.15, 0.2) is 66.9 Å². The van der Waals surface area contributed by atoms with Crippen molar-refractivity contribution in [2.45, 2.75) is 32.2 Å². The minimum absolute atomic E-state index is 1.13. The molecule has 0 bridgehead atoms. The number of benzene rings is 2. The monoisotopic (exact) mass is 289 g/mol. The van der Waals surface area contributed by atoms with E-state index in [1.54, 1.807) is 0 Å². The van der Waals surface area contributed by atoms with Crippen LogP contribution in [-0.2, 0) is 13.0 Å². The highest BCUT2D eigenvalue weighted by Gasteiger charge is 2.26. The Morgan fingerprint density at radius 1 is 0.773 bits per heavy atom. The van der Waals surface area contributed by atoms with Crippen LogP contribution in [-0.4, -0.2) is 4.57 Å². The highest BCUT2D eigenvalue weighted by atomic mass is 15.2. The zero-order chi connectivity index (χ0) is 14.8. The number of aromatic nitrogens is 2. The molecule has 2 heteroatoms. The van der Waals surface area contributed by atoms with Crippen LogP contribution in [0.5, 0.6) is 0 Å². The fraction of sp³-hybridized carbons (Fsp3) is 0.250. The number of fused-ring (bicyclic) bond motifs is 1. The normalized spacial score (nSPS) is 14.4. The van der Waals surface area contributed by atoms with Crippen LogP contribution in [0.1, 0.15) is 25.1 Å². The minimum Gasteiger partial charge on any atom is -0.233 e. The summed E-state index contributed by atoms with van der Waals surface area (Å²) in [5, 5.41) is 0. The van der Waals surface area contributed by atoms with Gasteiger partial charge in [0.15, 0.2) is 5.69 Å². The molecule has 3 aromatic rings. The average Bonchev–Trinajstić information content (AvgIpc) is 2.79. The van der Waals surface area contributed by atoms with E-state index in [1.807, 2.05) is 0 Å². The summed E-state index contributed by atoms with van der Waals surface area (Å²) >= 11 is 0. The molecule has 1 aliphatic heterocycles. The van der Waals surface area contributed by atoms with Gasteiger partial charge in [-0.05, 0) is 31.4 Å². The van der Waals surface area contributed by atoms with Crippen LogP contribution in [0.25, 0.3) is 16.9 Å². The first-order valence-corrected chi connectivity index (χ1v) is 8.18. The van der Waals surface area contributed by atoms with Crippen LogP contribution in [0.2, 0.25) is 0 Å². The Kier molecular flexibility index (Phi) is 3.51. The Morgan fingerprint density at radius 2 is 1.50 bits per heavy atom. The Balaban J connectivity index is 1.95. The third-order valence-corrected chi connectivity index (χ3v) is 4.49. The number of rotatable bonds is 2. The van der Waals surface area contributed by atoms with Crippen LogP contribution in [0.3, 0.4) is 0 Å². The molecule has 110 valence electrons. The molecule has 0 N–H and O–H groups in total. The standard InChI is InChI=1S/C20H21N2/c1-4-10-17(11-5-1)19-16-21-15-9-3-8-14-20(21)22(19)18-12-6-2-7-13-18/h1-2,4-7,10-13,16H,3,8-9,14-15H2/q+1. The van der Waals surface area contributed by atoms with Crippen molar-refractivity contribution in [1.82, 2.24) is 4.57 Å². The molecule has 1 aliphatic rings. The lowest BCUT2D eigenvalue weighted by Gasteiger charge is -2.05. The summed E-state index contributed by atoms with van der Waals surface area (Å²) in [6, 6.07) is 21.5. The summed E-state index contributed by atoms with van der Waals surface area (Å²) in [4.78, 5) is 0. The first kappa shape index (κ1) is 13.3. The summed E-state index contributed by atoms with van der Waals surface area (Å²) in [6.45, 7) is 1.13. The molecule has 0 saturated heterocycles. The van der Waals surface area contributed by atoms with Crippen molar-refractivity contribution in [1.29, 1.82) is 0 Å². The largest absolute Gasteiger partial charge is 0.262 e. The van der Waals surface area contributed by atoms with Crippen LogP contribution < -0.4 is 4.57 Å². The second kappa shape index (κ2) is 5.80. The predicted octanol–water partition coefficient (Wildman–Crippen LogP) is 4.16. The summed E-state index contributed by atoms with van der Waals surface area (Å²) in [5.74, 6) is 1.43. The first-order chi connectivity index (χ1) is 10.9. The SMILES string of the molecule is c1ccc(-c2c[n+]3c(n2-c2ccccc2)CCCCC3)cc1. The number of imidazole rings is 1. The number of hydrogen-bond acceptors (Lipinski definition) is 0. The summed E-state index contributed by atoms with van der Waals surface area (Å²) in [5.41, 5.74) is 3.84. The second-order valence-corrected chi connectivity index (χ2v) is 5.97. The topological polar surface area (TPSA) is 8.81 Å². The van der Waals surface area contributed by atoms with Crippen molar-refractivity contribution in [3.63, 3.8) is 0 Å². The predicted molar refractivity (Wildman–Crippen MR) is 89.0 cm³/mol. The second-order valence-electron chi connectivity index (χ2n) is 5.97. The molecule has 2 heterocycles. The maximum Gasteiger partial charge on any atom is 0.262 e. The maximum atomic E-state index is 2.46. The lowest BCUT2D eigenvalue weighted by Crippen LogP contribution is -2.35. The molecule has 1 aromatic heterocycles. The Hall–Kier alpha value is -2.35. The molecule has 0 radical (unpaired) electrons. The van der Waals surface area contributed by atoms with Crippen molar-refractivity contribution in [2.24, 2.45) is 0 Å². The van der Waals surface area contributed by atoms with Gasteiger partial charge in [0.05, 0.1) is 6.54 Å². The van der Waals surface area contributed by atoms with Crippen molar-refractivity contribution in [2.75, 3.05) is 0 Å². The zero-order valence-electron chi connectivity index (χ0n) is 12.8. The fourth-order valence-corrected chi connectivity index (χ4v) is 3.42. The van der Waals surface area contributed by atoms with Gasteiger partial charge in [-0.25, -0.2) is 4.57 Å². The van der Waals surface area contributed by atoms with E-state index >= 15 is 0 Å². The van der Waals surface area contributed by atoms with E-state index in [0.717, 1.165) is 13.0 Å². The Morgan fingerprint density at radius 3 is 2.27 bits per heavy atom. The van der Waals surface area contributed by atoms with Gasteiger partial charge in [-0.3, -0.25) is 0 Å². The third-order valence-electron chi connectivity index (χ3n) is 4.49. The number of nitrogens with zero attached hydrogens (tertiary/aromatic N) is 2. The van der Waals surface area contributed by atoms with E-state index < -0.39 is 0 Å². The molecule has 0 amide bonds. The van der Waals surface area contributed by atoms with E-state index in [2.05, 4.69) is 76.0 Å². The summed E-state index contributed by atoms with van der Waals surface area (Å²) in [6.07, 6.45) is 7.39. The van der Waals surface area contributed by atoms with Crippen molar-refractivity contribution in [3.05, 3.63) is 72.7 Å². The molecular formula is C20H21N2+. The van der Waals surface area contributed by atoms with Crippen molar-refractivity contribution < 1.29 is 4.57 Å². The van der Waals surface area contributed by atoms with Gasteiger partial charge >= 0.3 is 0 Å². The summed E-state index contributed by atoms with van der Waals surface area (Å²) < 4.78 is 4.91. The smallest absolute Gasteiger partial charge is 0.233 e. The zero-order valence-corrected chi connectivity index (χ0v) is 12.8. The lowest BCUT2D eigenvalue weighted by molar-refractivity contribution is -0.702. The molecule has 4 rings (SSSR count). The van der Waals surface area contributed by atoms with Crippen LogP contribution in [0.4, 0.5) is 0 Å². The van der Waals surface area contributed by atoms with E-state index in [4.69, 9.17) is 0 Å². The minimum atomic E-state index is 1.13. The number of para-hydroxylation sites is 1. The van der Waals surface area contributed by atoms with Gasteiger partial charge in [-0.1, -0.05) is 48.5 Å². The molecule has 0 atom stereocenters. The van der Waals surface area contributed by atoms with E-state index in [-0.39, 0.29) is 0 Å². The molecular weight excluding hydrogens is 268 g/mol. The highest BCUT2D eigenvalue weighted by molar-refractivity contribution is 5.61. The van der Waals surface area contributed by atoms with E-state index in [0.29, 0.717) is 0 Å². The van der Waals surface area contributed by atoms with Crippen LogP contribution >= 0.6 is 0 Å². The fourth-order valence-electron chi connectivity index (χ4n) is 3.42. The lowest BCUT2D eigenvalue weighted by atomic mass is 10.1. The van der Waals surface area contributed by atoms with Crippen molar-refractivity contribution in [3.8, 4) is 16.9 Å². The molecule has 2 aromatic carbocycles. The molecule has 22 heavy (non-hydrogen) atoms. The number of aryl methyl sites for hydroxylation is 1. The van der Waals surface area contributed by atoms with Gasteiger partial charge in [0.2, 0.25) is 0 Å². The Bertz CT molecular complexity index is 757. The molecule has 0 fully saturated rings. The van der Waals surface area contributed by atoms with E-state index in [1.165, 1.54) is 42.0 Å². The molecule has 0 aliphatic carbocycles. The van der Waals surface area contributed by atoms with Gasteiger partial charge in [0.1, 0.15) is 11.9 Å². The van der Waals surface area contributed by atoms with E-state index in [9.17, 15) is 0 Å². The van der Waals surface area contributed by atoms with Gasteiger partial charge in [-0.2, -0.15) is 4.57 Å². The molecule has 0 unspecified atom stereocenters. The molecule has 2 nitrogen and oxygen atoms in total. The van der Waals surface area contributed by atoms with Crippen molar-refractivity contribution >= 4 is 0 Å². The average molecular weight is 289 g/mol. The van der Waals surface area contributed by atoms with Gasteiger partial charge in [0, 0.05) is 12.0 Å². The van der Waals surface area contributed by atoms with Gasteiger partial charge in [-0.15, -0.1) is 0 Å². The maximum absolute atomic E-state index is 2.46. The summed E-state index contributed by atoms with van der Waals surface area (Å²) in [7, 11) is 0. The quantitative estimate of drug-likeness (QED) is 0.626.